The molecule has 32 heavy (non-hydrogen) atoms. The molecule has 1 atom stereocenters. The van der Waals surface area contributed by atoms with Crippen molar-refractivity contribution in [2.75, 3.05) is 18.5 Å². The van der Waals surface area contributed by atoms with Crippen LogP contribution in [0, 0.1) is 6.92 Å². The van der Waals surface area contributed by atoms with Gasteiger partial charge in [-0.3, -0.25) is 4.79 Å². The third-order valence-electron chi connectivity index (χ3n) is 4.07. The maximum absolute atomic E-state index is 12.7. The van der Waals surface area contributed by atoms with Crippen LogP contribution in [0.1, 0.15) is 49.8 Å². The van der Waals surface area contributed by atoms with Crippen molar-refractivity contribution in [2.24, 2.45) is 0 Å². The zero-order chi connectivity index (χ0) is 24.1. The van der Waals surface area contributed by atoms with Gasteiger partial charge in [0.1, 0.15) is 16.0 Å². The number of ether oxygens (including phenoxy) is 2. The van der Waals surface area contributed by atoms with Gasteiger partial charge in [0.25, 0.3) is 5.91 Å². The highest BCUT2D eigenvalue weighted by Crippen LogP contribution is 2.38. The number of nitrogens with one attached hydrogen (secondary N) is 2. The lowest BCUT2D eigenvalue weighted by Crippen LogP contribution is -2.49. The Bertz CT molecular complexity index is 992. The lowest BCUT2D eigenvalue weighted by molar-refractivity contribution is 0.0527. The maximum atomic E-state index is 12.7. The molecule has 0 aliphatic heterocycles. The number of halogens is 4. The SMILES string of the molecule is CCOC(=O)c1sc(N[C@H](NC(=O)c2ccc(Br)cc2)C(Cl)(Cl)Cl)c(C(=O)OCC)c1C. The minimum Gasteiger partial charge on any atom is -0.462 e. The molecule has 0 aliphatic carbocycles. The lowest BCUT2D eigenvalue weighted by atomic mass is 10.1. The zero-order valence-electron chi connectivity index (χ0n) is 17.3. The van der Waals surface area contributed by atoms with Crippen LogP contribution in [0.3, 0.4) is 0 Å². The van der Waals surface area contributed by atoms with Crippen LogP contribution < -0.4 is 10.6 Å². The van der Waals surface area contributed by atoms with E-state index >= 15 is 0 Å². The van der Waals surface area contributed by atoms with Gasteiger partial charge in [0.2, 0.25) is 3.79 Å². The van der Waals surface area contributed by atoms with E-state index in [0.29, 0.717) is 11.1 Å². The molecule has 0 fully saturated rings. The molecule has 12 heteroatoms. The standard InChI is InChI=1S/C20H20BrCl3N2O5S/c1-4-30-17(28)13-10(3)14(18(29)31-5-2)32-16(13)26-19(20(22,23)24)25-15(27)11-6-8-12(21)9-7-11/h6-9,19,26H,4-5H2,1-3H3,(H,25,27)/t19-/m0/s1. The third-order valence-corrected chi connectivity index (χ3v) is 6.46. The number of hydrogen-bond acceptors (Lipinski definition) is 7. The van der Waals surface area contributed by atoms with Crippen LogP contribution in [0.15, 0.2) is 28.7 Å². The maximum Gasteiger partial charge on any atom is 0.348 e. The average molecular weight is 587 g/mol. The van der Waals surface area contributed by atoms with Gasteiger partial charge in [0, 0.05) is 10.0 Å². The number of alkyl halides is 3. The van der Waals surface area contributed by atoms with Crippen molar-refractivity contribution in [3.05, 3.63) is 50.3 Å². The first-order valence-corrected chi connectivity index (χ1v) is 12.1. The van der Waals surface area contributed by atoms with Gasteiger partial charge in [-0.25, -0.2) is 9.59 Å². The summed E-state index contributed by atoms with van der Waals surface area (Å²) in [6, 6.07) is 6.57. The first-order chi connectivity index (χ1) is 15.0. The fraction of sp³-hybridized carbons (Fsp3) is 0.350. The molecule has 2 N–H and O–H groups in total. The van der Waals surface area contributed by atoms with Gasteiger partial charge in [0.05, 0.1) is 18.8 Å². The minimum absolute atomic E-state index is 0.0945. The largest absolute Gasteiger partial charge is 0.462 e. The van der Waals surface area contributed by atoms with Crippen molar-refractivity contribution in [3.8, 4) is 0 Å². The van der Waals surface area contributed by atoms with Crippen molar-refractivity contribution >= 4 is 84.9 Å². The highest BCUT2D eigenvalue weighted by molar-refractivity contribution is 9.10. The van der Waals surface area contributed by atoms with Crippen LogP contribution in [-0.2, 0) is 9.47 Å². The number of hydrogen-bond donors (Lipinski definition) is 2. The molecular formula is C20H20BrCl3N2O5S. The second kappa shape index (κ2) is 11.6. The van der Waals surface area contributed by atoms with Gasteiger partial charge in [0.15, 0.2) is 0 Å². The number of rotatable bonds is 8. The molecule has 1 amide bonds. The summed E-state index contributed by atoms with van der Waals surface area (Å²) in [5.41, 5.74) is 0.781. The molecule has 2 aromatic rings. The van der Waals surface area contributed by atoms with Gasteiger partial charge in [-0.2, -0.15) is 0 Å². The summed E-state index contributed by atoms with van der Waals surface area (Å²) >= 11 is 22.5. The number of esters is 2. The van der Waals surface area contributed by atoms with Crippen molar-refractivity contribution in [2.45, 2.75) is 30.7 Å². The van der Waals surface area contributed by atoms with Gasteiger partial charge < -0.3 is 20.1 Å². The molecule has 0 unspecified atom stereocenters. The van der Waals surface area contributed by atoms with E-state index in [9.17, 15) is 14.4 Å². The molecule has 1 aromatic heterocycles. The highest BCUT2D eigenvalue weighted by Gasteiger charge is 2.37. The predicted octanol–water partition coefficient (Wildman–Crippen LogP) is 5.71. The molecule has 174 valence electrons. The second-order valence-electron chi connectivity index (χ2n) is 6.30. The highest BCUT2D eigenvalue weighted by atomic mass is 79.9. The normalized spacial score (nSPS) is 12.1. The van der Waals surface area contributed by atoms with E-state index in [4.69, 9.17) is 44.3 Å². The quantitative estimate of drug-likeness (QED) is 0.234. The van der Waals surface area contributed by atoms with Crippen molar-refractivity contribution < 1.29 is 23.9 Å². The number of benzene rings is 1. The van der Waals surface area contributed by atoms with Crippen LogP contribution >= 0.6 is 62.1 Å². The number of carbonyl (C=O) groups excluding carboxylic acids is 3. The van der Waals surface area contributed by atoms with E-state index in [0.717, 1.165) is 15.8 Å². The van der Waals surface area contributed by atoms with Crippen LogP contribution in [-0.4, -0.2) is 41.0 Å². The molecule has 0 bridgehead atoms. The molecular weight excluding hydrogens is 567 g/mol. The Balaban J connectivity index is 2.42. The van der Waals surface area contributed by atoms with Gasteiger partial charge in [-0.15, -0.1) is 11.3 Å². The smallest absolute Gasteiger partial charge is 0.348 e. The summed E-state index contributed by atoms with van der Waals surface area (Å²) in [7, 11) is 0. The number of amides is 1. The number of thiophene rings is 1. The summed E-state index contributed by atoms with van der Waals surface area (Å²) in [4.78, 5) is 37.8. The van der Waals surface area contributed by atoms with E-state index in [2.05, 4.69) is 26.6 Å². The molecule has 0 spiro atoms. The van der Waals surface area contributed by atoms with E-state index < -0.39 is 27.8 Å². The summed E-state index contributed by atoms with van der Waals surface area (Å²) in [6.07, 6.45) is -1.25. The zero-order valence-corrected chi connectivity index (χ0v) is 21.9. The topological polar surface area (TPSA) is 93.7 Å². The Labute approximate surface area is 212 Å². The van der Waals surface area contributed by atoms with Crippen LogP contribution in [0.4, 0.5) is 5.00 Å². The first-order valence-electron chi connectivity index (χ1n) is 9.36. The summed E-state index contributed by atoms with van der Waals surface area (Å²) in [5.74, 6) is -1.78. The molecule has 1 aromatic carbocycles. The fourth-order valence-electron chi connectivity index (χ4n) is 2.60. The van der Waals surface area contributed by atoms with E-state index in [1.165, 1.54) is 0 Å². The predicted molar refractivity (Wildman–Crippen MR) is 130 cm³/mol. The lowest BCUT2D eigenvalue weighted by Gasteiger charge is -2.27. The Morgan fingerprint density at radius 3 is 2.16 bits per heavy atom. The Morgan fingerprint density at radius 2 is 1.62 bits per heavy atom. The fourth-order valence-corrected chi connectivity index (χ4v) is 4.31. The van der Waals surface area contributed by atoms with Crippen molar-refractivity contribution in [1.82, 2.24) is 5.32 Å². The number of carbonyl (C=O) groups is 3. The van der Waals surface area contributed by atoms with Crippen LogP contribution in [0.25, 0.3) is 0 Å². The molecule has 7 nitrogen and oxygen atoms in total. The van der Waals surface area contributed by atoms with Gasteiger partial charge in [-0.1, -0.05) is 50.7 Å². The summed E-state index contributed by atoms with van der Waals surface area (Å²) in [6.45, 7) is 5.19. The Morgan fingerprint density at radius 1 is 1.06 bits per heavy atom. The van der Waals surface area contributed by atoms with Crippen molar-refractivity contribution in [1.29, 1.82) is 0 Å². The van der Waals surface area contributed by atoms with E-state index in [1.54, 1.807) is 45.0 Å². The Kier molecular flexibility index (Phi) is 9.66. The third kappa shape index (κ3) is 6.74. The molecule has 0 saturated carbocycles. The average Bonchev–Trinajstić information content (AvgIpc) is 3.03. The van der Waals surface area contributed by atoms with Crippen molar-refractivity contribution in [3.63, 3.8) is 0 Å². The molecule has 1 heterocycles. The minimum atomic E-state index is -2.00. The molecule has 0 saturated heterocycles. The monoisotopic (exact) mass is 584 g/mol. The van der Waals surface area contributed by atoms with E-state index in [1.807, 2.05) is 0 Å². The molecule has 2 rings (SSSR count). The van der Waals surface area contributed by atoms with Gasteiger partial charge >= 0.3 is 11.9 Å². The second-order valence-corrected chi connectivity index (χ2v) is 10.6. The van der Waals surface area contributed by atoms with Gasteiger partial charge in [-0.05, 0) is 50.6 Å². The summed E-state index contributed by atoms with van der Waals surface area (Å²) < 4.78 is 8.97. The van der Waals surface area contributed by atoms with Crippen LogP contribution in [0.2, 0.25) is 0 Å². The Hall–Kier alpha value is -1.52. The molecule has 0 aliphatic rings. The first kappa shape index (κ1) is 26.7. The molecule has 0 radical (unpaired) electrons. The van der Waals surface area contributed by atoms with Crippen LogP contribution in [0.5, 0.6) is 0 Å². The number of anilines is 1. The summed E-state index contributed by atoms with van der Waals surface area (Å²) in [5, 5.41) is 5.66. The van der Waals surface area contributed by atoms with E-state index in [-0.39, 0.29) is 28.7 Å².